The molecular formula is C27H31N5O6. The summed E-state index contributed by atoms with van der Waals surface area (Å²) in [4.78, 5) is 57.2. The van der Waals surface area contributed by atoms with E-state index in [1.807, 2.05) is 34.1 Å². The number of carbonyl (C=O) groups excluding carboxylic acids is 4. The van der Waals surface area contributed by atoms with E-state index in [1.165, 1.54) is 0 Å². The van der Waals surface area contributed by atoms with E-state index < -0.39 is 17.7 Å². The highest BCUT2D eigenvalue weighted by Crippen LogP contribution is 2.56. The zero-order valence-corrected chi connectivity index (χ0v) is 21.7. The number of Topliss-reactive ketones (excluding diaryl/α,β-unsaturated/α-hetero) is 3. The number of piperazine rings is 2. The van der Waals surface area contributed by atoms with Crippen molar-refractivity contribution in [3.05, 3.63) is 52.4 Å². The van der Waals surface area contributed by atoms with E-state index in [-0.39, 0.29) is 36.0 Å². The zero-order chi connectivity index (χ0) is 26.9. The Hall–Kier alpha value is -3.70. The Kier molecular flexibility index (Phi) is 5.62. The van der Waals surface area contributed by atoms with Gasteiger partial charge in [-0.25, -0.2) is 4.79 Å². The number of nitrogens with one attached hydrogen (secondary N) is 1. The number of rotatable bonds is 6. The molecule has 11 heteroatoms. The van der Waals surface area contributed by atoms with Crippen molar-refractivity contribution in [2.75, 3.05) is 51.3 Å². The molecule has 11 nitrogen and oxygen atoms in total. The second kappa shape index (κ2) is 8.67. The van der Waals surface area contributed by atoms with Gasteiger partial charge in [0.1, 0.15) is 6.61 Å². The van der Waals surface area contributed by atoms with Crippen molar-refractivity contribution >= 4 is 29.1 Å². The number of allylic oxidation sites excluding steroid dienone is 2. The summed E-state index contributed by atoms with van der Waals surface area (Å²) in [6, 6.07) is 7.57. The normalized spacial score (nSPS) is 30.0. The first-order valence-electron chi connectivity index (χ1n) is 12.9. The predicted octanol–water partition coefficient (Wildman–Crippen LogP) is 0.415. The summed E-state index contributed by atoms with van der Waals surface area (Å²) >= 11 is 0. The highest BCUT2D eigenvalue weighted by atomic mass is 16.6. The Morgan fingerprint density at radius 2 is 1.71 bits per heavy atom. The standard InChI is InChI=1S/C27H31N5O6/c1-14-21(31-10-8-30(9-11-31)17-6-4-16(5-7-17)15(2)33)24(35)20-18(13-38-26(28)36)27(37-3)25-19(29-25)12-32(27)22(20)23(14)34/h4-7,18-19,25,29H,8-13H2,1-3H3,(H2,28,36)/t18-,19+,25+,27?/m0/s1. The van der Waals surface area contributed by atoms with Gasteiger partial charge in [-0.05, 0) is 38.1 Å². The van der Waals surface area contributed by atoms with Crippen molar-refractivity contribution in [3.8, 4) is 0 Å². The predicted molar refractivity (Wildman–Crippen MR) is 136 cm³/mol. The number of ether oxygens (including phenoxy) is 2. The number of fused-ring (bicyclic) bond motifs is 4. The number of nitrogens with two attached hydrogens (primary N) is 1. The van der Waals surface area contributed by atoms with Crippen LogP contribution in [0.3, 0.4) is 0 Å². The molecule has 38 heavy (non-hydrogen) atoms. The lowest BCUT2D eigenvalue weighted by molar-refractivity contribution is -0.137. The number of amides is 1. The number of primary amides is 1. The smallest absolute Gasteiger partial charge is 0.404 e. The second-order valence-electron chi connectivity index (χ2n) is 10.5. The number of anilines is 1. The molecule has 200 valence electrons. The number of nitrogens with zero attached hydrogens (tertiary/aromatic N) is 3. The van der Waals surface area contributed by atoms with E-state index in [9.17, 15) is 19.2 Å². The van der Waals surface area contributed by atoms with E-state index in [1.54, 1.807) is 21.0 Å². The zero-order valence-electron chi connectivity index (χ0n) is 21.7. The topological polar surface area (TPSA) is 144 Å². The molecule has 3 fully saturated rings. The maximum Gasteiger partial charge on any atom is 0.404 e. The Labute approximate surface area is 220 Å². The molecule has 1 amide bonds. The molecule has 3 saturated heterocycles. The van der Waals surface area contributed by atoms with E-state index in [4.69, 9.17) is 15.2 Å². The molecule has 0 spiro atoms. The Bertz CT molecular complexity index is 1310. The summed E-state index contributed by atoms with van der Waals surface area (Å²) in [6.07, 6.45) is -0.941. The largest absolute Gasteiger partial charge is 0.449 e. The summed E-state index contributed by atoms with van der Waals surface area (Å²) in [7, 11) is 1.56. The second-order valence-corrected chi connectivity index (χ2v) is 10.5. The highest BCUT2D eigenvalue weighted by molar-refractivity contribution is 6.25. The van der Waals surface area contributed by atoms with Crippen LogP contribution in [0.5, 0.6) is 0 Å². The van der Waals surface area contributed by atoms with Gasteiger partial charge in [-0.3, -0.25) is 14.4 Å². The molecule has 1 aromatic carbocycles. The van der Waals surface area contributed by atoms with Crippen LogP contribution in [0.15, 0.2) is 46.8 Å². The Balaban J connectivity index is 1.27. The van der Waals surface area contributed by atoms with Gasteiger partial charge < -0.3 is 35.2 Å². The molecule has 0 aromatic heterocycles. The Morgan fingerprint density at radius 1 is 1.05 bits per heavy atom. The average Bonchev–Trinajstić information content (AvgIpc) is 3.52. The van der Waals surface area contributed by atoms with Gasteiger partial charge in [0.15, 0.2) is 11.5 Å². The summed E-state index contributed by atoms with van der Waals surface area (Å²) < 4.78 is 11.2. The van der Waals surface area contributed by atoms with Crippen molar-refractivity contribution in [1.82, 2.24) is 15.1 Å². The lowest BCUT2D eigenvalue weighted by atomic mass is 9.82. The van der Waals surface area contributed by atoms with Crippen LogP contribution in [0.4, 0.5) is 10.5 Å². The van der Waals surface area contributed by atoms with Gasteiger partial charge in [-0.1, -0.05) is 0 Å². The first kappa shape index (κ1) is 24.6. The first-order valence-corrected chi connectivity index (χ1v) is 12.9. The highest BCUT2D eigenvalue weighted by Gasteiger charge is 2.72. The number of benzene rings is 1. The number of methoxy groups -OCH3 is 1. The molecule has 4 atom stereocenters. The third-order valence-corrected chi connectivity index (χ3v) is 8.63. The fourth-order valence-electron chi connectivity index (χ4n) is 6.75. The van der Waals surface area contributed by atoms with Crippen LogP contribution < -0.4 is 16.0 Å². The minimum absolute atomic E-state index is 0.0214. The lowest BCUT2D eigenvalue weighted by Gasteiger charge is -2.39. The third-order valence-electron chi connectivity index (χ3n) is 8.63. The van der Waals surface area contributed by atoms with Crippen molar-refractivity contribution in [2.45, 2.75) is 31.7 Å². The van der Waals surface area contributed by atoms with Crippen LogP contribution in [0.25, 0.3) is 0 Å². The van der Waals surface area contributed by atoms with Gasteiger partial charge in [0.2, 0.25) is 11.6 Å². The maximum atomic E-state index is 14.2. The third kappa shape index (κ3) is 3.41. The summed E-state index contributed by atoms with van der Waals surface area (Å²) in [5, 5.41) is 3.37. The van der Waals surface area contributed by atoms with Gasteiger partial charge in [0.05, 0.1) is 23.4 Å². The molecule has 4 aliphatic heterocycles. The lowest BCUT2D eigenvalue weighted by Crippen LogP contribution is -2.55. The SMILES string of the molecule is COC12[C@@H]3N[C@@H]3CN1C1=C(C(=O)C(N3CCN(c4ccc(C(C)=O)cc4)CC3)=C(C)C1=O)[C@@H]2COC(N)=O. The number of ketones is 3. The van der Waals surface area contributed by atoms with Crippen molar-refractivity contribution < 1.29 is 28.7 Å². The molecule has 6 rings (SSSR count). The maximum absolute atomic E-state index is 14.2. The molecule has 5 aliphatic rings. The number of hydrogen-bond donors (Lipinski definition) is 2. The van der Waals surface area contributed by atoms with Gasteiger partial charge in [-0.15, -0.1) is 0 Å². The molecule has 1 aliphatic carbocycles. The van der Waals surface area contributed by atoms with Crippen LogP contribution in [-0.2, 0) is 19.1 Å². The summed E-state index contributed by atoms with van der Waals surface area (Å²) in [5.74, 6) is -1.05. The minimum Gasteiger partial charge on any atom is -0.449 e. The molecule has 1 aromatic rings. The molecule has 3 N–H and O–H groups in total. The summed E-state index contributed by atoms with van der Waals surface area (Å²) in [5.41, 5.74) is 7.47. The van der Waals surface area contributed by atoms with Crippen LogP contribution in [0.2, 0.25) is 0 Å². The first-order chi connectivity index (χ1) is 18.2. The fourth-order valence-corrected chi connectivity index (χ4v) is 6.75. The van der Waals surface area contributed by atoms with Gasteiger partial charge >= 0.3 is 6.09 Å². The van der Waals surface area contributed by atoms with E-state index in [0.717, 1.165) is 5.69 Å². The van der Waals surface area contributed by atoms with Crippen molar-refractivity contribution in [1.29, 1.82) is 0 Å². The fraction of sp³-hybridized carbons (Fsp3) is 0.481. The van der Waals surface area contributed by atoms with Crippen LogP contribution in [0, 0.1) is 5.92 Å². The van der Waals surface area contributed by atoms with E-state index in [2.05, 4.69) is 10.2 Å². The van der Waals surface area contributed by atoms with Crippen LogP contribution in [0.1, 0.15) is 24.2 Å². The van der Waals surface area contributed by atoms with Crippen molar-refractivity contribution in [3.63, 3.8) is 0 Å². The van der Waals surface area contributed by atoms with E-state index >= 15 is 0 Å². The van der Waals surface area contributed by atoms with Crippen molar-refractivity contribution in [2.24, 2.45) is 11.7 Å². The molecule has 4 heterocycles. The molecule has 1 unspecified atom stereocenters. The van der Waals surface area contributed by atoms with Gasteiger partial charge in [0.25, 0.3) is 0 Å². The average molecular weight is 522 g/mol. The number of carbonyl (C=O) groups is 4. The quantitative estimate of drug-likeness (QED) is 0.307. The molecule has 0 bridgehead atoms. The molecule has 0 radical (unpaired) electrons. The minimum atomic E-state index is -0.990. The molecular weight excluding hydrogens is 490 g/mol. The summed E-state index contributed by atoms with van der Waals surface area (Å²) in [6.45, 7) is 6.04. The van der Waals surface area contributed by atoms with Crippen LogP contribution in [-0.4, -0.2) is 97.5 Å². The molecule has 0 saturated carbocycles. The van der Waals surface area contributed by atoms with Gasteiger partial charge in [0, 0.05) is 68.3 Å². The van der Waals surface area contributed by atoms with Crippen LogP contribution >= 0.6 is 0 Å². The monoisotopic (exact) mass is 521 g/mol. The Morgan fingerprint density at radius 3 is 2.32 bits per heavy atom. The number of hydrogen-bond acceptors (Lipinski definition) is 10. The van der Waals surface area contributed by atoms with Gasteiger partial charge in [-0.2, -0.15) is 0 Å². The van der Waals surface area contributed by atoms with E-state index in [0.29, 0.717) is 60.8 Å².